The van der Waals surface area contributed by atoms with Gasteiger partial charge in [-0.25, -0.2) is 14.4 Å². The highest BCUT2D eigenvalue weighted by atomic mass is 19.1. The lowest BCUT2D eigenvalue weighted by atomic mass is 9.97. The van der Waals surface area contributed by atoms with Crippen molar-refractivity contribution in [2.45, 2.75) is 12.5 Å². The fourth-order valence-electron chi connectivity index (χ4n) is 3.78. The highest BCUT2D eigenvalue weighted by molar-refractivity contribution is 6.04. The van der Waals surface area contributed by atoms with E-state index in [2.05, 4.69) is 15.1 Å². The Labute approximate surface area is 183 Å². The summed E-state index contributed by atoms with van der Waals surface area (Å²) in [6.45, 7) is 0. The van der Waals surface area contributed by atoms with E-state index in [0.717, 1.165) is 11.3 Å². The lowest BCUT2D eigenvalue weighted by Crippen LogP contribution is -2.28. The zero-order valence-corrected chi connectivity index (χ0v) is 16.8. The van der Waals surface area contributed by atoms with Gasteiger partial charge in [0.05, 0.1) is 17.3 Å². The van der Waals surface area contributed by atoms with Crippen LogP contribution in [0.15, 0.2) is 90.7 Å². The largest absolute Gasteiger partial charge is 0.507 e. The molecule has 0 bridgehead atoms. The zero-order valence-electron chi connectivity index (χ0n) is 16.8. The normalized spacial score (nSPS) is 15.6. The Morgan fingerprint density at radius 2 is 1.91 bits per heavy atom. The van der Waals surface area contributed by atoms with Gasteiger partial charge in [-0.15, -0.1) is 0 Å². The SMILES string of the molecule is O=C(c1cn(-c2ccccc2)cn1)N1N=C(c2cccnc2)CC1c1c(O)cccc1F. The van der Waals surface area contributed by atoms with Gasteiger partial charge in [-0.05, 0) is 30.3 Å². The maximum Gasteiger partial charge on any atom is 0.294 e. The molecule has 2 aromatic carbocycles. The molecular weight excluding hydrogens is 409 g/mol. The van der Waals surface area contributed by atoms with Crippen LogP contribution in [0.5, 0.6) is 5.75 Å². The van der Waals surface area contributed by atoms with Crippen LogP contribution in [-0.4, -0.2) is 36.3 Å². The molecule has 1 atom stereocenters. The van der Waals surface area contributed by atoms with Gasteiger partial charge < -0.3 is 9.67 Å². The Morgan fingerprint density at radius 3 is 2.66 bits per heavy atom. The standard InChI is InChI=1S/C24H18FN5O2/c25-18-9-4-10-22(31)23(18)21-12-19(16-6-5-11-26-13-16)28-30(21)24(32)20-14-29(15-27-20)17-7-2-1-3-8-17/h1-11,13-15,21,31H,12H2. The third-order valence-electron chi connectivity index (χ3n) is 5.33. The summed E-state index contributed by atoms with van der Waals surface area (Å²) >= 11 is 0. The van der Waals surface area contributed by atoms with Crippen molar-refractivity contribution >= 4 is 11.6 Å². The van der Waals surface area contributed by atoms with Crippen molar-refractivity contribution in [3.05, 3.63) is 108 Å². The van der Waals surface area contributed by atoms with Crippen molar-refractivity contribution in [2.24, 2.45) is 5.10 Å². The first-order valence-electron chi connectivity index (χ1n) is 10.00. The quantitative estimate of drug-likeness (QED) is 0.531. The molecule has 7 nitrogen and oxygen atoms in total. The third kappa shape index (κ3) is 3.51. The van der Waals surface area contributed by atoms with E-state index >= 15 is 0 Å². The number of aromatic nitrogens is 3. The van der Waals surface area contributed by atoms with Crippen LogP contribution in [0.1, 0.15) is 34.1 Å². The zero-order chi connectivity index (χ0) is 22.1. The molecule has 4 aromatic rings. The molecule has 32 heavy (non-hydrogen) atoms. The van der Waals surface area contributed by atoms with Crippen molar-refractivity contribution in [1.29, 1.82) is 0 Å². The second-order valence-corrected chi connectivity index (χ2v) is 7.33. The van der Waals surface area contributed by atoms with Crippen LogP contribution >= 0.6 is 0 Å². The summed E-state index contributed by atoms with van der Waals surface area (Å²) in [4.78, 5) is 21.7. The number of carbonyl (C=O) groups is 1. The molecule has 1 aliphatic rings. The molecular formula is C24H18FN5O2. The molecule has 0 fully saturated rings. The van der Waals surface area contributed by atoms with Crippen LogP contribution in [0.2, 0.25) is 0 Å². The molecule has 5 rings (SSSR count). The Morgan fingerprint density at radius 1 is 1.06 bits per heavy atom. The topological polar surface area (TPSA) is 83.6 Å². The van der Waals surface area contributed by atoms with E-state index in [1.807, 2.05) is 36.4 Å². The van der Waals surface area contributed by atoms with Gasteiger partial charge in [-0.1, -0.05) is 30.3 Å². The van der Waals surface area contributed by atoms with E-state index in [1.165, 1.54) is 23.2 Å². The van der Waals surface area contributed by atoms with Crippen molar-refractivity contribution in [3.8, 4) is 11.4 Å². The average Bonchev–Trinajstić information content (AvgIpc) is 3.48. The molecule has 1 N–H and O–H groups in total. The lowest BCUT2D eigenvalue weighted by molar-refractivity contribution is 0.0701. The van der Waals surface area contributed by atoms with E-state index in [4.69, 9.17) is 0 Å². The predicted octanol–water partition coefficient (Wildman–Crippen LogP) is 4.10. The fourth-order valence-corrected chi connectivity index (χ4v) is 3.78. The van der Waals surface area contributed by atoms with Crippen LogP contribution in [0.25, 0.3) is 5.69 Å². The number of rotatable bonds is 4. The first-order chi connectivity index (χ1) is 15.6. The van der Waals surface area contributed by atoms with E-state index < -0.39 is 17.8 Å². The summed E-state index contributed by atoms with van der Waals surface area (Å²) in [6, 6.07) is 16.3. The number of hydrazone groups is 1. The van der Waals surface area contributed by atoms with Crippen molar-refractivity contribution < 1.29 is 14.3 Å². The van der Waals surface area contributed by atoms with Crippen LogP contribution in [0, 0.1) is 5.82 Å². The summed E-state index contributed by atoms with van der Waals surface area (Å²) < 4.78 is 16.4. The van der Waals surface area contributed by atoms with Crippen LogP contribution in [-0.2, 0) is 0 Å². The van der Waals surface area contributed by atoms with Crippen LogP contribution in [0.3, 0.4) is 0 Å². The molecule has 0 spiro atoms. The van der Waals surface area contributed by atoms with Crippen molar-refractivity contribution in [2.75, 3.05) is 0 Å². The van der Waals surface area contributed by atoms with Gasteiger partial charge in [-0.3, -0.25) is 9.78 Å². The second-order valence-electron chi connectivity index (χ2n) is 7.33. The Kier molecular flexibility index (Phi) is 4.95. The van der Waals surface area contributed by atoms with E-state index in [9.17, 15) is 14.3 Å². The number of benzene rings is 2. The molecule has 1 unspecified atom stereocenters. The maximum atomic E-state index is 14.7. The number of pyridine rings is 1. The summed E-state index contributed by atoms with van der Waals surface area (Å²) in [5.41, 5.74) is 2.32. The third-order valence-corrected chi connectivity index (χ3v) is 5.33. The first-order valence-corrected chi connectivity index (χ1v) is 10.00. The molecule has 158 valence electrons. The van der Waals surface area contributed by atoms with Gasteiger partial charge in [0.1, 0.15) is 23.6 Å². The van der Waals surface area contributed by atoms with Crippen molar-refractivity contribution in [1.82, 2.24) is 19.5 Å². The minimum Gasteiger partial charge on any atom is -0.507 e. The fraction of sp³-hybridized carbons (Fsp3) is 0.0833. The molecule has 0 radical (unpaired) electrons. The number of para-hydroxylation sites is 1. The Bertz CT molecular complexity index is 1280. The molecule has 0 saturated carbocycles. The highest BCUT2D eigenvalue weighted by Gasteiger charge is 2.37. The Hall–Kier alpha value is -4.33. The van der Waals surface area contributed by atoms with Gasteiger partial charge in [-0.2, -0.15) is 5.10 Å². The number of hydrogen-bond donors (Lipinski definition) is 1. The minimum atomic E-state index is -0.819. The van der Waals surface area contributed by atoms with Gasteiger partial charge >= 0.3 is 0 Å². The number of halogens is 1. The van der Waals surface area contributed by atoms with Gasteiger partial charge in [0.25, 0.3) is 5.91 Å². The number of phenolic OH excluding ortho intramolecular Hbond substituents is 1. The molecule has 3 heterocycles. The minimum absolute atomic E-state index is 0.0194. The first kappa shape index (κ1) is 19.6. The average molecular weight is 427 g/mol. The number of nitrogens with zero attached hydrogens (tertiary/aromatic N) is 5. The van der Waals surface area contributed by atoms with Gasteiger partial charge in [0.15, 0.2) is 0 Å². The van der Waals surface area contributed by atoms with Crippen LogP contribution in [0.4, 0.5) is 4.39 Å². The molecule has 1 amide bonds. The van der Waals surface area contributed by atoms with Crippen LogP contribution < -0.4 is 0 Å². The van der Waals surface area contributed by atoms with E-state index in [0.29, 0.717) is 5.71 Å². The number of carbonyl (C=O) groups excluding carboxylic acids is 1. The summed E-state index contributed by atoms with van der Waals surface area (Å²) in [5, 5.41) is 16.1. The Balaban J connectivity index is 1.54. The molecule has 2 aromatic heterocycles. The summed E-state index contributed by atoms with van der Waals surface area (Å²) in [5.74, 6) is -1.33. The smallest absolute Gasteiger partial charge is 0.294 e. The number of amides is 1. The molecule has 0 aliphatic carbocycles. The summed E-state index contributed by atoms with van der Waals surface area (Å²) in [7, 11) is 0. The van der Waals surface area contributed by atoms with Gasteiger partial charge in [0, 0.05) is 36.3 Å². The molecule has 0 saturated heterocycles. The second kappa shape index (κ2) is 8.07. The molecule has 8 heteroatoms. The lowest BCUT2D eigenvalue weighted by Gasteiger charge is -2.22. The van der Waals surface area contributed by atoms with E-state index in [1.54, 1.807) is 35.6 Å². The van der Waals surface area contributed by atoms with E-state index in [-0.39, 0.29) is 23.4 Å². The monoisotopic (exact) mass is 427 g/mol. The number of imidazole rings is 1. The van der Waals surface area contributed by atoms with Gasteiger partial charge in [0.2, 0.25) is 0 Å². The highest BCUT2D eigenvalue weighted by Crippen LogP contribution is 2.39. The molecule has 1 aliphatic heterocycles. The number of hydrogen-bond acceptors (Lipinski definition) is 5. The number of aromatic hydroxyl groups is 1. The maximum absolute atomic E-state index is 14.7. The summed E-state index contributed by atoms with van der Waals surface area (Å²) in [6.07, 6.45) is 6.65. The number of phenols is 1. The van der Waals surface area contributed by atoms with Crippen molar-refractivity contribution in [3.63, 3.8) is 0 Å². The predicted molar refractivity (Wildman–Crippen MR) is 116 cm³/mol.